The molecular formula is C11H23NO. The minimum atomic E-state index is 0.563. The summed E-state index contributed by atoms with van der Waals surface area (Å²) >= 11 is 0. The van der Waals surface area contributed by atoms with Crippen LogP contribution in [0.2, 0.25) is 0 Å². The van der Waals surface area contributed by atoms with Gasteiger partial charge < -0.3 is 10.1 Å². The highest BCUT2D eigenvalue weighted by Gasteiger charge is 2.20. The zero-order chi connectivity index (χ0) is 9.52. The Morgan fingerprint density at radius 1 is 1.23 bits per heavy atom. The smallest absolute Gasteiger partial charge is 0.0575 e. The van der Waals surface area contributed by atoms with Gasteiger partial charge in [0.05, 0.1) is 6.10 Å². The minimum absolute atomic E-state index is 0.563. The van der Waals surface area contributed by atoms with Gasteiger partial charge in [-0.2, -0.15) is 0 Å². The Labute approximate surface area is 82.0 Å². The number of hydrogen-bond donors (Lipinski definition) is 1. The Kier molecular flexibility index (Phi) is 5.40. The first-order valence-corrected chi connectivity index (χ1v) is 5.63. The lowest BCUT2D eigenvalue weighted by atomic mass is 9.87. The molecule has 0 aromatic carbocycles. The molecule has 13 heavy (non-hydrogen) atoms. The van der Waals surface area contributed by atoms with Crippen molar-refractivity contribution in [1.29, 1.82) is 0 Å². The molecule has 1 saturated carbocycles. The van der Waals surface area contributed by atoms with Crippen LogP contribution in [0.3, 0.4) is 0 Å². The largest absolute Gasteiger partial charge is 0.378 e. The molecule has 1 fully saturated rings. The molecule has 78 valence electrons. The molecule has 0 unspecified atom stereocenters. The molecule has 1 aliphatic rings. The fraction of sp³-hybridized carbons (Fsp3) is 1.00. The van der Waals surface area contributed by atoms with Gasteiger partial charge in [-0.05, 0) is 51.6 Å². The first kappa shape index (κ1) is 11.0. The van der Waals surface area contributed by atoms with Crippen LogP contribution >= 0.6 is 0 Å². The molecule has 0 atom stereocenters. The van der Waals surface area contributed by atoms with Crippen LogP contribution in [0.4, 0.5) is 0 Å². The second-order valence-corrected chi connectivity index (χ2v) is 4.07. The van der Waals surface area contributed by atoms with Crippen LogP contribution in [0.15, 0.2) is 0 Å². The SMILES string of the molecule is CCCOC1CCC(CNC)CC1. The molecule has 1 rings (SSSR count). The highest BCUT2D eigenvalue weighted by atomic mass is 16.5. The maximum Gasteiger partial charge on any atom is 0.0575 e. The highest BCUT2D eigenvalue weighted by Crippen LogP contribution is 2.25. The molecule has 0 heterocycles. The second kappa shape index (κ2) is 6.39. The summed E-state index contributed by atoms with van der Waals surface area (Å²) in [7, 11) is 2.04. The van der Waals surface area contributed by atoms with Crippen molar-refractivity contribution in [2.24, 2.45) is 5.92 Å². The van der Waals surface area contributed by atoms with Crippen molar-refractivity contribution < 1.29 is 4.74 Å². The first-order chi connectivity index (χ1) is 6.36. The number of nitrogens with one attached hydrogen (secondary N) is 1. The number of ether oxygens (including phenoxy) is 1. The third-order valence-electron chi connectivity index (χ3n) is 2.84. The van der Waals surface area contributed by atoms with Gasteiger partial charge in [0.1, 0.15) is 0 Å². The third-order valence-corrected chi connectivity index (χ3v) is 2.84. The van der Waals surface area contributed by atoms with Gasteiger partial charge in [0.25, 0.3) is 0 Å². The highest BCUT2D eigenvalue weighted by molar-refractivity contribution is 4.73. The number of rotatable bonds is 5. The van der Waals surface area contributed by atoms with Crippen molar-refractivity contribution in [3.8, 4) is 0 Å². The van der Waals surface area contributed by atoms with Crippen LogP contribution < -0.4 is 5.32 Å². The molecule has 0 bridgehead atoms. The predicted molar refractivity (Wildman–Crippen MR) is 55.9 cm³/mol. The van der Waals surface area contributed by atoms with Gasteiger partial charge in [-0.1, -0.05) is 6.92 Å². The van der Waals surface area contributed by atoms with Crippen LogP contribution in [0.5, 0.6) is 0 Å². The minimum Gasteiger partial charge on any atom is -0.378 e. The monoisotopic (exact) mass is 185 g/mol. The standard InChI is InChI=1S/C11H23NO/c1-3-8-13-11-6-4-10(5-7-11)9-12-2/h10-12H,3-9H2,1-2H3. The van der Waals surface area contributed by atoms with Gasteiger partial charge in [-0.3, -0.25) is 0 Å². The van der Waals surface area contributed by atoms with E-state index in [4.69, 9.17) is 4.74 Å². The molecule has 2 heteroatoms. The van der Waals surface area contributed by atoms with Crippen molar-refractivity contribution in [2.75, 3.05) is 20.2 Å². The molecule has 0 radical (unpaired) electrons. The molecular weight excluding hydrogens is 162 g/mol. The lowest BCUT2D eigenvalue weighted by Gasteiger charge is -2.28. The van der Waals surface area contributed by atoms with Crippen LogP contribution in [-0.2, 0) is 4.74 Å². The summed E-state index contributed by atoms with van der Waals surface area (Å²) in [6, 6.07) is 0. The Balaban J connectivity index is 2.08. The fourth-order valence-corrected chi connectivity index (χ4v) is 2.08. The van der Waals surface area contributed by atoms with Crippen LogP contribution in [0.25, 0.3) is 0 Å². The van der Waals surface area contributed by atoms with E-state index in [0.29, 0.717) is 6.10 Å². The maximum atomic E-state index is 5.74. The Morgan fingerprint density at radius 3 is 2.46 bits per heavy atom. The lowest BCUT2D eigenvalue weighted by Crippen LogP contribution is -2.27. The molecule has 0 aromatic rings. The average Bonchev–Trinajstić information content (AvgIpc) is 2.17. The maximum absolute atomic E-state index is 5.74. The lowest BCUT2D eigenvalue weighted by molar-refractivity contribution is 0.0187. The summed E-state index contributed by atoms with van der Waals surface area (Å²) in [5.41, 5.74) is 0. The summed E-state index contributed by atoms with van der Waals surface area (Å²) in [5, 5.41) is 3.25. The zero-order valence-corrected chi connectivity index (χ0v) is 9.01. The van der Waals surface area contributed by atoms with Crippen LogP contribution in [0.1, 0.15) is 39.0 Å². The summed E-state index contributed by atoms with van der Waals surface area (Å²) in [4.78, 5) is 0. The van der Waals surface area contributed by atoms with Crippen molar-refractivity contribution in [3.05, 3.63) is 0 Å². The molecule has 2 nitrogen and oxygen atoms in total. The van der Waals surface area contributed by atoms with E-state index in [1.165, 1.54) is 32.2 Å². The van der Waals surface area contributed by atoms with E-state index >= 15 is 0 Å². The van der Waals surface area contributed by atoms with Crippen molar-refractivity contribution in [1.82, 2.24) is 5.32 Å². The van der Waals surface area contributed by atoms with E-state index in [1.54, 1.807) is 0 Å². The summed E-state index contributed by atoms with van der Waals surface area (Å²) in [6.07, 6.45) is 6.94. The number of hydrogen-bond acceptors (Lipinski definition) is 2. The van der Waals surface area contributed by atoms with E-state index < -0.39 is 0 Å². The molecule has 0 amide bonds. The molecule has 0 spiro atoms. The molecule has 0 aliphatic heterocycles. The van der Waals surface area contributed by atoms with Crippen molar-refractivity contribution in [2.45, 2.75) is 45.1 Å². The van der Waals surface area contributed by atoms with Crippen molar-refractivity contribution >= 4 is 0 Å². The first-order valence-electron chi connectivity index (χ1n) is 5.63. The quantitative estimate of drug-likeness (QED) is 0.709. The van der Waals surface area contributed by atoms with Crippen LogP contribution in [0, 0.1) is 5.92 Å². The molecule has 1 N–H and O–H groups in total. The Hall–Kier alpha value is -0.0800. The van der Waals surface area contributed by atoms with E-state index in [0.717, 1.165) is 18.9 Å². The summed E-state index contributed by atoms with van der Waals surface area (Å²) in [5.74, 6) is 0.895. The van der Waals surface area contributed by atoms with Gasteiger partial charge >= 0.3 is 0 Å². The fourth-order valence-electron chi connectivity index (χ4n) is 2.08. The van der Waals surface area contributed by atoms with Crippen LogP contribution in [-0.4, -0.2) is 26.3 Å². The van der Waals surface area contributed by atoms with Crippen molar-refractivity contribution in [3.63, 3.8) is 0 Å². The Morgan fingerprint density at radius 2 is 1.92 bits per heavy atom. The van der Waals surface area contributed by atoms with Gasteiger partial charge in [0.15, 0.2) is 0 Å². The van der Waals surface area contributed by atoms with E-state index in [-0.39, 0.29) is 0 Å². The van der Waals surface area contributed by atoms with Gasteiger partial charge in [0.2, 0.25) is 0 Å². The normalized spacial score (nSPS) is 29.1. The van der Waals surface area contributed by atoms with Gasteiger partial charge in [0, 0.05) is 6.61 Å². The van der Waals surface area contributed by atoms with Gasteiger partial charge in [-0.25, -0.2) is 0 Å². The molecule has 0 aromatic heterocycles. The van der Waals surface area contributed by atoms with E-state index in [9.17, 15) is 0 Å². The Bertz CT molecular complexity index is 119. The summed E-state index contributed by atoms with van der Waals surface area (Å²) < 4.78 is 5.74. The average molecular weight is 185 g/mol. The predicted octanol–water partition coefficient (Wildman–Crippen LogP) is 2.19. The molecule has 1 aliphatic carbocycles. The van der Waals surface area contributed by atoms with Gasteiger partial charge in [-0.15, -0.1) is 0 Å². The molecule has 0 saturated heterocycles. The van der Waals surface area contributed by atoms with E-state index in [2.05, 4.69) is 12.2 Å². The zero-order valence-electron chi connectivity index (χ0n) is 9.01. The summed E-state index contributed by atoms with van der Waals surface area (Å²) in [6.45, 7) is 4.30. The third kappa shape index (κ3) is 4.10. The van der Waals surface area contributed by atoms with E-state index in [1.807, 2.05) is 7.05 Å². The second-order valence-electron chi connectivity index (χ2n) is 4.07. The topological polar surface area (TPSA) is 21.3 Å².